The van der Waals surface area contributed by atoms with Gasteiger partial charge >= 0.3 is 0 Å². The van der Waals surface area contributed by atoms with Crippen LogP contribution in [-0.2, 0) is 15.7 Å². The van der Waals surface area contributed by atoms with Crippen molar-refractivity contribution < 1.29 is 8.42 Å². The third-order valence-electron chi connectivity index (χ3n) is 3.26. The molecule has 0 radical (unpaired) electrons. The van der Waals surface area contributed by atoms with Gasteiger partial charge in [0.2, 0.25) is 0 Å². The van der Waals surface area contributed by atoms with Gasteiger partial charge in [-0.15, -0.1) is 11.6 Å². The lowest BCUT2D eigenvalue weighted by atomic mass is 10.3. The average Bonchev–Trinajstić information content (AvgIpc) is 2.48. The van der Waals surface area contributed by atoms with Gasteiger partial charge < -0.3 is 4.90 Å². The summed E-state index contributed by atoms with van der Waals surface area (Å²) in [6.07, 6.45) is 1.53. The molecule has 0 aliphatic carbocycles. The summed E-state index contributed by atoms with van der Waals surface area (Å²) in [5, 5.41) is -0.0202. The molecule has 2 heterocycles. The fourth-order valence-electron chi connectivity index (χ4n) is 2.06. The maximum atomic E-state index is 12.2. The number of halogens is 2. The van der Waals surface area contributed by atoms with E-state index in [9.17, 15) is 8.42 Å². The van der Waals surface area contributed by atoms with Crippen LogP contribution in [-0.4, -0.2) is 42.6 Å². The lowest BCUT2D eigenvalue weighted by molar-refractivity contribution is 0.579. The predicted molar refractivity (Wildman–Crippen MR) is 86.7 cm³/mol. The molecule has 2 rings (SSSR count). The summed E-state index contributed by atoms with van der Waals surface area (Å²) in [5.41, 5.74) is 0.768. The van der Waals surface area contributed by atoms with Crippen molar-refractivity contribution in [1.29, 1.82) is 0 Å². The predicted octanol–water partition coefficient (Wildman–Crippen LogP) is 2.79. The second-order valence-corrected chi connectivity index (χ2v) is 8.71. The molecule has 0 spiro atoms. The van der Waals surface area contributed by atoms with Crippen LogP contribution in [0.25, 0.3) is 0 Å². The Labute approximate surface area is 133 Å². The Hall–Kier alpha value is -0.170. The highest BCUT2D eigenvalue weighted by Crippen LogP contribution is 2.28. The standard InChI is InChI=1S/C12H16Cl2N2O2S2/c1-2-20(17,18)12-8-19-4-3-16(12)11-5-9(6-13)10(14)7-15-11/h5,7,12H,2-4,6,8H2,1H3. The minimum Gasteiger partial charge on any atom is -0.338 e. The van der Waals surface area contributed by atoms with E-state index in [1.54, 1.807) is 24.8 Å². The molecule has 0 aromatic carbocycles. The van der Waals surface area contributed by atoms with Gasteiger partial charge in [-0.05, 0) is 11.6 Å². The molecule has 1 atom stereocenters. The topological polar surface area (TPSA) is 50.3 Å². The van der Waals surface area contributed by atoms with Gasteiger partial charge in [0.1, 0.15) is 11.2 Å². The van der Waals surface area contributed by atoms with E-state index >= 15 is 0 Å². The van der Waals surface area contributed by atoms with Gasteiger partial charge in [0, 0.05) is 35.9 Å². The number of pyridine rings is 1. The average molecular weight is 355 g/mol. The SMILES string of the molecule is CCS(=O)(=O)C1CSCCN1c1cc(CCl)c(Cl)cn1. The number of hydrogen-bond donors (Lipinski definition) is 0. The van der Waals surface area contributed by atoms with E-state index in [1.165, 1.54) is 6.20 Å². The second-order valence-electron chi connectivity index (χ2n) is 4.44. The van der Waals surface area contributed by atoms with Gasteiger partial charge in [0.05, 0.1) is 5.02 Å². The zero-order valence-electron chi connectivity index (χ0n) is 11.1. The van der Waals surface area contributed by atoms with Crippen molar-refractivity contribution in [2.45, 2.75) is 18.2 Å². The van der Waals surface area contributed by atoms with Crippen LogP contribution in [0.15, 0.2) is 12.3 Å². The number of nitrogens with zero attached hydrogens (tertiary/aromatic N) is 2. The van der Waals surface area contributed by atoms with Crippen molar-refractivity contribution in [3.8, 4) is 0 Å². The van der Waals surface area contributed by atoms with Gasteiger partial charge in [-0.2, -0.15) is 11.8 Å². The number of thioether (sulfide) groups is 1. The first kappa shape index (κ1) is 16.2. The summed E-state index contributed by atoms with van der Waals surface area (Å²) >= 11 is 13.5. The summed E-state index contributed by atoms with van der Waals surface area (Å²) in [6.45, 7) is 2.33. The molecule has 0 saturated carbocycles. The highest BCUT2D eigenvalue weighted by molar-refractivity contribution is 8.01. The number of rotatable bonds is 4. The van der Waals surface area contributed by atoms with Crippen LogP contribution >= 0.6 is 35.0 Å². The van der Waals surface area contributed by atoms with Crippen molar-refractivity contribution in [2.75, 3.05) is 28.7 Å². The van der Waals surface area contributed by atoms with Crippen LogP contribution in [0, 0.1) is 0 Å². The van der Waals surface area contributed by atoms with Crippen molar-refractivity contribution in [3.05, 3.63) is 22.8 Å². The Bertz CT molecular complexity index is 581. The van der Waals surface area contributed by atoms with Crippen LogP contribution in [0.3, 0.4) is 0 Å². The number of alkyl halides is 1. The molecule has 1 aliphatic rings. The molecule has 1 unspecified atom stereocenters. The molecule has 112 valence electrons. The normalized spacial score (nSPS) is 20.1. The third kappa shape index (κ3) is 3.35. The maximum Gasteiger partial charge on any atom is 0.171 e. The smallest absolute Gasteiger partial charge is 0.171 e. The first-order chi connectivity index (χ1) is 9.49. The van der Waals surface area contributed by atoms with Crippen molar-refractivity contribution in [1.82, 2.24) is 4.98 Å². The summed E-state index contributed by atoms with van der Waals surface area (Å²) in [5.74, 6) is 2.49. The van der Waals surface area contributed by atoms with Crippen molar-refractivity contribution >= 4 is 50.6 Å². The Morgan fingerprint density at radius 3 is 2.95 bits per heavy atom. The second kappa shape index (κ2) is 6.73. The molecule has 0 bridgehead atoms. The fraction of sp³-hybridized carbons (Fsp3) is 0.583. The highest BCUT2D eigenvalue weighted by Gasteiger charge is 2.33. The monoisotopic (exact) mass is 354 g/mol. The lowest BCUT2D eigenvalue weighted by Gasteiger charge is -2.35. The van der Waals surface area contributed by atoms with Crippen LogP contribution in [0.4, 0.5) is 5.82 Å². The third-order valence-corrected chi connectivity index (χ3v) is 7.18. The largest absolute Gasteiger partial charge is 0.338 e. The van der Waals surface area contributed by atoms with E-state index in [0.29, 0.717) is 23.1 Å². The Kier molecular flexibility index (Phi) is 5.45. The molecule has 4 nitrogen and oxygen atoms in total. The molecule has 20 heavy (non-hydrogen) atoms. The molecule has 1 aromatic heterocycles. The van der Waals surface area contributed by atoms with E-state index in [4.69, 9.17) is 23.2 Å². The zero-order valence-corrected chi connectivity index (χ0v) is 14.2. The van der Waals surface area contributed by atoms with E-state index in [2.05, 4.69) is 4.98 Å². The molecular weight excluding hydrogens is 339 g/mol. The number of hydrogen-bond acceptors (Lipinski definition) is 5. The molecular formula is C12H16Cl2N2O2S2. The molecule has 1 aliphatic heterocycles. The summed E-state index contributed by atoms with van der Waals surface area (Å²) in [7, 11) is -3.15. The lowest BCUT2D eigenvalue weighted by Crippen LogP contribution is -2.48. The molecule has 0 N–H and O–H groups in total. The van der Waals surface area contributed by atoms with Crippen molar-refractivity contribution in [2.24, 2.45) is 0 Å². The van der Waals surface area contributed by atoms with Gasteiger partial charge in [-0.25, -0.2) is 13.4 Å². The summed E-state index contributed by atoms with van der Waals surface area (Å²) in [4.78, 5) is 6.12. The first-order valence-electron chi connectivity index (χ1n) is 6.26. The van der Waals surface area contributed by atoms with E-state index < -0.39 is 15.2 Å². The number of sulfone groups is 1. The van der Waals surface area contributed by atoms with E-state index in [-0.39, 0.29) is 11.6 Å². The van der Waals surface area contributed by atoms with Gasteiger partial charge in [0.25, 0.3) is 0 Å². The Morgan fingerprint density at radius 2 is 2.30 bits per heavy atom. The zero-order chi connectivity index (χ0) is 14.8. The minimum absolute atomic E-state index is 0.130. The molecule has 1 fully saturated rings. The Balaban J connectivity index is 2.38. The van der Waals surface area contributed by atoms with Crippen LogP contribution < -0.4 is 4.90 Å². The minimum atomic E-state index is -3.15. The molecule has 1 aromatic rings. The summed E-state index contributed by atoms with van der Waals surface area (Å²) in [6, 6.07) is 1.78. The van der Waals surface area contributed by atoms with Crippen LogP contribution in [0.1, 0.15) is 12.5 Å². The number of anilines is 1. The van der Waals surface area contributed by atoms with Crippen molar-refractivity contribution in [3.63, 3.8) is 0 Å². The van der Waals surface area contributed by atoms with E-state index in [1.807, 2.05) is 4.90 Å². The van der Waals surface area contributed by atoms with Crippen LogP contribution in [0.5, 0.6) is 0 Å². The van der Waals surface area contributed by atoms with Gasteiger partial charge in [0.15, 0.2) is 9.84 Å². The summed E-state index contributed by atoms with van der Waals surface area (Å²) < 4.78 is 24.4. The van der Waals surface area contributed by atoms with E-state index in [0.717, 1.165) is 11.3 Å². The Morgan fingerprint density at radius 1 is 1.55 bits per heavy atom. The fourth-order valence-corrected chi connectivity index (χ4v) is 5.50. The molecule has 0 amide bonds. The molecule has 1 saturated heterocycles. The van der Waals surface area contributed by atoms with Gasteiger partial charge in [-0.1, -0.05) is 18.5 Å². The quantitative estimate of drug-likeness (QED) is 0.778. The number of aromatic nitrogens is 1. The molecule has 8 heteroatoms. The van der Waals surface area contributed by atoms with Crippen LogP contribution in [0.2, 0.25) is 5.02 Å². The maximum absolute atomic E-state index is 12.2. The highest BCUT2D eigenvalue weighted by atomic mass is 35.5. The first-order valence-corrected chi connectivity index (χ1v) is 10.0. The van der Waals surface area contributed by atoms with Gasteiger partial charge in [-0.3, -0.25) is 0 Å².